The normalized spacial score (nSPS) is 20.3. The number of benzene rings is 2. The number of carboxylic acids is 1. The van der Waals surface area contributed by atoms with E-state index in [1.807, 2.05) is 0 Å². The Kier molecular flexibility index (Phi) is 9.03. The Morgan fingerprint density at radius 3 is 1.97 bits per heavy atom. The molecule has 0 radical (unpaired) electrons. The summed E-state index contributed by atoms with van der Waals surface area (Å²) >= 11 is 0. The molecule has 2 heterocycles. The zero-order valence-electron chi connectivity index (χ0n) is 21.5. The van der Waals surface area contributed by atoms with Crippen molar-refractivity contribution < 1.29 is 34.5 Å². The van der Waals surface area contributed by atoms with Crippen molar-refractivity contribution in [2.24, 2.45) is 0 Å². The molecule has 2 aliphatic heterocycles. The quantitative estimate of drug-likeness (QED) is 0.257. The van der Waals surface area contributed by atoms with E-state index in [-0.39, 0.29) is 36.3 Å². The Morgan fingerprint density at radius 1 is 0.846 bits per heavy atom. The van der Waals surface area contributed by atoms with Crippen molar-refractivity contribution in [3.63, 3.8) is 0 Å². The van der Waals surface area contributed by atoms with E-state index in [9.17, 15) is 34.5 Å². The van der Waals surface area contributed by atoms with E-state index in [0.29, 0.717) is 36.9 Å². The molecule has 208 valence electrons. The zero-order chi connectivity index (χ0) is 27.9. The van der Waals surface area contributed by atoms with E-state index < -0.39 is 35.9 Å². The number of phenolic OH excluding ortho intramolecular Hbond substituents is 2. The molecule has 2 aliphatic rings. The zero-order valence-corrected chi connectivity index (χ0v) is 21.5. The van der Waals surface area contributed by atoms with Crippen molar-refractivity contribution in [2.45, 2.75) is 62.7 Å². The van der Waals surface area contributed by atoms with Gasteiger partial charge in [-0.05, 0) is 67.6 Å². The first-order chi connectivity index (χ1) is 18.7. The highest BCUT2D eigenvalue weighted by Crippen LogP contribution is 2.21. The first-order valence-corrected chi connectivity index (χ1v) is 13.1. The number of phenols is 2. The molecule has 39 heavy (non-hydrogen) atoms. The third-order valence-electron chi connectivity index (χ3n) is 7.20. The SMILES string of the molecule is O=C(O)C(Cc1ccc(O)cc1)NC(=O)C(Cc1ccc(O)cc1)NC(=O)C1CCCN1C(=O)C1CCCN1. The van der Waals surface area contributed by atoms with Crippen LogP contribution in [0, 0.1) is 0 Å². The first-order valence-electron chi connectivity index (χ1n) is 13.1. The second-order valence-corrected chi connectivity index (χ2v) is 10.0. The second-order valence-electron chi connectivity index (χ2n) is 10.0. The molecule has 11 heteroatoms. The van der Waals surface area contributed by atoms with Gasteiger partial charge in [0, 0.05) is 19.4 Å². The summed E-state index contributed by atoms with van der Waals surface area (Å²) in [7, 11) is 0. The van der Waals surface area contributed by atoms with Gasteiger partial charge in [0.15, 0.2) is 0 Å². The Bertz CT molecular complexity index is 1180. The van der Waals surface area contributed by atoms with Gasteiger partial charge in [0.25, 0.3) is 0 Å². The largest absolute Gasteiger partial charge is 0.508 e. The van der Waals surface area contributed by atoms with E-state index >= 15 is 0 Å². The summed E-state index contributed by atoms with van der Waals surface area (Å²) in [4.78, 5) is 53.3. The van der Waals surface area contributed by atoms with Crippen LogP contribution in [0.5, 0.6) is 11.5 Å². The van der Waals surface area contributed by atoms with E-state index in [0.717, 1.165) is 13.0 Å². The number of carboxylic acid groups (broad SMARTS) is 1. The van der Waals surface area contributed by atoms with Crippen molar-refractivity contribution >= 4 is 23.7 Å². The minimum absolute atomic E-state index is 0.0273. The molecule has 2 saturated heterocycles. The number of carbonyl (C=O) groups is 4. The molecule has 2 aromatic rings. The fourth-order valence-corrected chi connectivity index (χ4v) is 5.08. The monoisotopic (exact) mass is 538 g/mol. The summed E-state index contributed by atoms with van der Waals surface area (Å²) in [6, 6.07) is 8.72. The molecule has 2 fully saturated rings. The number of aromatic hydroxyl groups is 2. The number of hydrogen-bond acceptors (Lipinski definition) is 7. The maximum absolute atomic E-state index is 13.4. The topological polar surface area (TPSA) is 168 Å². The van der Waals surface area contributed by atoms with Crippen LogP contribution in [0.1, 0.15) is 36.8 Å². The molecule has 4 rings (SSSR count). The Hall–Kier alpha value is -4.12. The van der Waals surface area contributed by atoms with Crippen LogP contribution in [0.25, 0.3) is 0 Å². The van der Waals surface area contributed by atoms with Crippen molar-refractivity contribution in [2.75, 3.05) is 13.1 Å². The number of rotatable bonds is 10. The summed E-state index contributed by atoms with van der Waals surface area (Å²) in [6.07, 6.45) is 2.77. The van der Waals surface area contributed by atoms with Gasteiger partial charge in [-0.1, -0.05) is 24.3 Å². The molecule has 4 atom stereocenters. The predicted octanol–water partition coefficient (Wildman–Crippen LogP) is 0.680. The number of aliphatic carboxylic acids is 1. The van der Waals surface area contributed by atoms with Gasteiger partial charge in [0.1, 0.15) is 29.6 Å². The molecule has 2 aromatic carbocycles. The highest BCUT2D eigenvalue weighted by Gasteiger charge is 2.39. The maximum Gasteiger partial charge on any atom is 0.326 e. The van der Waals surface area contributed by atoms with Crippen LogP contribution in [-0.4, -0.2) is 81.2 Å². The van der Waals surface area contributed by atoms with Crippen LogP contribution in [-0.2, 0) is 32.0 Å². The van der Waals surface area contributed by atoms with Crippen molar-refractivity contribution in [3.8, 4) is 11.5 Å². The first kappa shape index (κ1) is 27.9. The van der Waals surface area contributed by atoms with Gasteiger partial charge >= 0.3 is 5.97 Å². The fraction of sp³-hybridized carbons (Fsp3) is 0.429. The third kappa shape index (κ3) is 7.26. The molecular weight excluding hydrogens is 504 g/mol. The summed E-state index contributed by atoms with van der Waals surface area (Å²) in [6.45, 7) is 1.21. The van der Waals surface area contributed by atoms with Crippen LogP contribution in [0.4, 0.5) is 0 Å². The average molecular weight is 539 g/mol. The van der Waals surface area contributed by atoms with Crippen molar-refractivity contribution in [1.82, 2.24) is 20.9 Å². The van der Waals surface area contributed by atoms with Gasteiger partial charge in [0.05, 0.1) is 6.04 Å². The number of nitrogens with one attached hydrogen (secondary N) is 3. The molecule has 0 aliphatic carbocycles. The minimum atomic E-state index is -1.28. The molecule has 0 bridgehead atoms. The van der Waals surface area contributed by atoms with Crippen LogP contribution in [0.3, 0.4) is 0 Å². The minimum Gasteiger partial charge on any atom is -0.508 e. The molecule has 0 saturated carbocycles. The number of nitrogens with zero attached hydrogens (tertiary/aromatic N) is 1. The van der Waals surface area contributed by atoms with Gasteiger partial charge in [-0.25, -0.2) is 4.79 Å². The molecule has 4 unspecified atom stereocenters. The van der Waals surface area contributed by atoms with Gasteiger partial charge in [-0.3, -0.25) is 14.4 Å². The summed E-state index contributed by atoms with van der Waals surface area (Å²) in [5.41, 5.74) is 1.24. The number of amides is 3. The lowest BCUT2D eigenvalue weighted by Gasteiger charge is -2.28. The number of hydrogen-bond donors (Lipinski definition) is 6. The molecule has 6 N–H and O–H groups in total. The third-order valence-corrected chi connectivity index (χ3v) is 7.20. The maximum atomic E-state index is 13.4. The number of likely N-dealkylation sites (tertiary alicyclic amines) is 1. The highest BCUT2D eigenvalue weighted by atomic mass is 16.4. The van der Waals surface area contributed by atoms with E-state index in [4.69, 9.17) is 0 Å². The Balaban J connectivity index is 1.49. The molecule has 11 nitrogen and oxygen atoms in total. The van der Waals surface area contributed by atoms with Crippen LogP contribution in [0.15, 0.2) is 48.5 Å². The van der Waals surface area contributed by atoms with Crippen molar-refractivity contribution in [3.05, 3.63) is 59.7 Å². The van der Waals surface area contributed by atoms with E-state index in [1.165, 1.54) is 24.3 Å². The molecule has 0 spiro atoms. The lowest BCUT2D eigenvalue weighted by molar-refractivity contribution is -0.143. The van der Waals surface area contributed by atoms with Gasteiger partial charge in [0.2, 0.25) is 17.7 Å². The lowest BCUT2D eigenvalue weighted by Crippen LogP contribution is -2.57. The van der Waals surface area contributed by atoms with Gasteiger partial charge < -0.3 is 36.2 Å². The average Bonchev–Trinajstić information content (AvgIpc) is 3.63. The van der Waals surface area contributed by atoms with Crippen LogP contribution < -0.4 is 16.0 Å². The standard InChI is InChI=1S/C28H34N4O7/c33-19-9-5-17(6-10-19)15-22(25(35)31-23(28(38)39)16-18-7-11-20(34)12-8-18)30-26(36)24-4-2-14-32(24)27(37)21-3-1-13-29-21/h5-12,21-24,29,33-34H,1-4,13-16H2,(H,30,36)(H,31,35)(H,38,39). The molecular formula is C28H34N4O7. The van der Waals surface area contributed by atoms with Crippen LogP contribution in [0.2, 0.25) is 0 Å². The molecule has 0 aromatic heterocycles. The van der Waals surface area contributed by atoms with Gasteiger partial charge in [-0.15, -0.1) is 0 Å². The smallest absolute Gasteiger partial charge is 0.326 e. The summed E-state index contributed by atoms with van der Waals surface area (Å²) < 4.78 is 0. The predicted molar refractivity (Wildman–Crippen MR) is 141 cm³/mol. The fourth-order valence-electron chi connectivity index (χ4n) is 5.08. The summed E-state index contributed by atoms with van der Waals surface area (Å²) in [5.74, 6) is -2.44. The Labute approximate surface area is 226 Å². The molecule has 3 amide bonds. The Morgan fingerprint density at radius 2 is 1.44 bits per heavy atom. The summed E-state index contributed by atoms with van der Waals surface area (Å²) in [5, 5.41) is 37.3. The lowest BCUT2D eigenvalue weighted by atomic mass is 10.0. The van der Waals surface area contributed by atoms with E-state index in [2.05, 4.69) is 16.0 Å². The number of carbonyl (C=O) groups excluding carboxylic acids is 3. The second kappa shape index (κ2) is 12.6. The van der Waals surface area contributed by atoms with E-state index in [1.54, 1.807) is 29.2 Å². The highest BCUT2D eigenvalue weighted by molar-refractivity contribution is 5.94. The van der Waals surface area contributed by atoms with Crippen molar-refractivity contribution in [1.29, 1.82) is 0 Å². The van der Waals surface area contributed by atoms with Crippen LogP contribution >= 0.6 is 0 Å². The van der Waals surface area contributed by atoms with Gasteiger partial charge in [-0.2, -0.15) is 0 Å².